The Morgan fingerprint density at radius 2 is 1.62 bits per heavy atom. The summed E-state index contributed by atoms with van der Waals surface area (Å²) in [6, 6.07) is 15.1. The molecule has 0 N–H and O–H groups in total. The van der Waals surface area contributed by atoms with E-state index in [1.54, 1.807) is 18.2 Å². The quantitative estimate of drug-likeness (QED) is 0.466. The molecule has 194 valence electrons. The Hall–Kier alpha value is -3.69. The van der Waals surface area contributed by atoms with Gasteiger partial charge < -0.3 is 14.7 Å². The van der Waals surface area contributed by atoms with Gasteiger partial charge >= 0.3 is 6.18 Å². The second-order valence-electron chi connectivity index (χ2n) is 9.43. The molecule has 2 aromatic carbocycles. The average Bonchev–Trinajstić information content (AvgIpc) is 2.93. The van der Waals surface area contributed by atoms with Crippen molar-refractivity contribution < 1.29 is 22.4 Å². The highest BCUT2D eigenvalue weighted by Gasteiger charge is 2.33. The summed E-state index contributed by atoms with van der Waals surface area (Å²) in [7, 11) is 0. The lowest BCUT2D eigenvalue weighted by Gasteiger charge is -2.40. The standard InChI is InChI=1S/C27H27F4N5O/c28-22-8-6-19(7-9-22)24-10-11-25(33-32-24)36-12-2-3-20(18-36)26(37)35-15-13-34(14-16-35)23-5-1-4-21(17-23)27(29,30)31/h1,4-11,17,20H,2-3,12-16,18H2. The third-order valence-corrected chi connectivity index (χ3v) is 7.02. The minimum atomic E-state index is -4.38. The molecule has 0 bridgehead atoms. The molecule has 0 radical (unpaired) electrons. The summed E-state index contributed by atoms with van der Waals surface area (Å²) >= 11 is 0. The Balaban J connectivity index is 1.18. The van der Waals surface area contributed by atoms with Gasteiger partial charge in [0.1, 0.15) is 5.82 Å². The zero-order valence-electron chi connectivity index (χ0n) is 20.2. The highest BCUT2D eigenvalue weighted by molar-refractivity contribution is 5.80. The monoisotopic (exact) mass is 513 g/mol. The zero-order valence-corrected chi connectivity index (χ0v) is 20.2. The molecule has 1 amide bonds. The summed E-state index contributed by atoms with van der Waals surface area (Å²) in [4.78, 5) is 19.1. The van der Waals surface area contributed by atoms with Gasteiger partial charge in [-0.15, -0.1) is 10.2 Å². The maximum atomic E-state index is 13.3. The molecule has 37 heavy (non-hydrogen) atoms. The van der Waals surface area contributed by atoms with Crippen molar-refractivity contribution in [3.05, 3.63) is 72.0 Å². The Kier molecular flexibility index (Phi) is 6.99. The van der Waals surface area contributed by atoms with Gasteiger partial charge in [0.25, 0.3) is 0 Å². The predicted octanol–water partition coefficient (Wildman–Crippen LogP) is 4.87. The topological polar surface area (TPSA) is 52.6 Å². The van der Waals surface area contributed by atoms with Gasteiger partial charge in [0.05, 0.1) is 17.2 Å². The van der Waals surface area contributed by atoms with E-state index in [9.17, 15) is 22.4 Å². The highest BCUT2D eigenvalue weighted by Crippen LogP contribution is 2.32. The van der Waals surface area contributed by atoms with Crippen LogP contribution in [0, 0.1) is 11.7 Å². The number of carbonyl (C=O) groups is 1. The van der Waals surface area contributed by atoms with E-state index in [0.29, 0.717) is 49.9 Å². The minimum Gasteiger partial charge on any atom is -0.368 e. The second kappa shape index (κ2) is 10.4. The fraction of sp³-hybridized carbons (Fsp3) is 0.370. The summed E-state index contributed by atoms with van der Waals surface area (Å²) in [5.41, 5.74) is 1.27. The van der Waals surface area contributed by atoms with E-state index in [-0.39, 0.29) is 17.6 Å². The number of carbonyl (C=O) groups excluding carboxylic acids is 1. The van der Waals surface area contributed by atoms with Crippen LogP contribution in [0.1, 0.15) is 18.4 Å². The molecule has 1 atom stereocenters. The predicted molar refractivity (Wildman–Crippen MR) is 133 cm³/mol. The Bertz CT molecular complexity index is 1220. The number of nitrogens with zero attached hydrogens (tertiary/aromatic N) is 5. The fourth-order valence-corrected chi connectivity index (χ4v) is 4.98. The van der Waals surface area contributed by atoms with Crippen LogP contribution in [0.3, 0.4) is 0 Å². The molecule has 6 nitrogen and oxygen atoms in total. The van der Waals surface area contributed by atoms with E-state index in [2.05, 4.69) is 15.1 Å². The zero-order chi connectivity index (χ0) is 26.0. The number of benzene rings is 2. The lowest BCUT2D eigenvalue weighted by Crippen LogP contribution is -2.52. The lowest BCUT2D eigenvalue weighted by molar-refractivity contribution is -0.137. The van der Waals surface area contributed by atoms with E-state index in [0.717, 1.165) is 31.0 Å². The molecule has 2 aliphatic heterocycles. The molecule has 1 unspecified atom stereocenters. The van der Waals surface area contributed by atoms with Crippen LogP contribution in [0.25, 0.3) is 11.3 Å². The molecule has 3 aromatic rings. The molecule has 3 heterocycles. The number of amides is 1. The van der Waals surface area contributed by atoms with E-state index >= 15 is 0 Å². The molecule has 2 aliphatic rings. The van der Waals surface area contributed by atoms with Crippen LogP contribution in [0.2, 0.25) is 0 Å². The lowest BCUT2D eigenvalue weighted by atomic mass is 9.96. The van der Waals surface area contributed by atoms with E-state index in [1.807, 2.05) is 21.9 Å². The molecule has 0 spiro atoms. The first-order valence-electron chi connectivity index (χ1n) is 12.3. The molecule has 1 aromatic heterocycles. The van der Waals surface area contributed by atoms with E-state index in [4.69, 9.17) is 0 Å². The van der Waals surface area contributed by atoms with Crippen molar-refractivity contribution in [2.24, 2.45) is 5.92 Å². The summed E-state index contributed by atoms with van der Waals surface area (Å²) in [5, 5.41) is 8.63. The Labute approximate surface area is 212 Å². The molecule has 0 aliphatic carbocycles. The fourth-order valence-electron chi connectivity index (χ4n) is 4.98. The van der Waals surface area contributed by atoms with Gasteiger partial charge in [-0.1, -0.05) is 6.07 Å². The van der Waals surface area contributed by atoms with Crippen LogP contribution in [-0.4, -0.2) is 60.3 Å². The van der Waals surface area contributed by atoms with Crippen molar-refractivity contribution in [1.82, 2.24) is 15.1 Å². The average molecular weight is 514 g/mol. The Morgan fingerprint density at radius 1 is 0.865 bits per heavy atom. The number of anilines is 2. The van der Waals surface area contributed by atoms with Crippen LogP contribution < -0.4 is 9.80 Å². The maximum Gasteiger partial charge on any atom is 0.416 e. The van der Waals surface area contributed by atoms with Crippen LogP contribution in [0.4, 0.5) is 29.1 Å². The van der Waals surface area contributed by atoms with Gasteiger partial charge in [0.2, 0.25) is 5.91 Å². The van der Waals surface area contributed by atoms with Gasteiger partial charge in [-0.2, -0.15) is 13.2 Å². The van der Waals surface area contributed by atoms with Crippen molar-refractivity contribution >= 4 is 17.4 Å². The highest BCUT2D eigenvalue weighted by atomic mass is 19.4. The van der Waals surface area contributed by atoms with Crippen molar-refractivity contribution in [3.63, 3.8) is 0 Å². The number of alkyl halides is 3. The number of hydrogen-bond acceptors (Lipinski definition) is 5. The van der Waals surface area contributed by atoms with Gasteiger partial charge in [0.15, 0.2) is 5.82 Å². The first kappa shape index (κ1) is 25.0. The van der Waals surface area contributed by atoms with Crippen LogP contribution in [-0.2, 0) is 11.0 Å². The van der Waals surface area contributed by atoms with E-state index in [1.165, 1.54) is 24.3 Å². The largest absolute Gasteiger partial charge is 0.416 e. The minimum absolute atomic E-state index is 0.0734. The summed E-state index contributed by atoms with van der Waals surface area (Å²) in [6.07, 6.45) is -2.75. The van der Waals surface area contributed by atoms with Gasteiger partial charge in [-0.3, -0.25) is 4.79 Å². The van der Waals surface area contributed by atoms with Gasteiger partial charge in [-0.05, 0) is 67.4 Å². The van der Waals surface area contributed by atoms with Gasteiger partial charge in [-0.25, -0.2) is 4.39 Å². The van der Waals surface area contributed by atoms with E-state index < -0.39 is 11.7 Å². The smallest absolute Gasteiger partial charge is 0.368 e. The van der Waals surface area contributed by atoms with Gasteiger partial charge in [0, 0.05) is 50.5 Å². The maximum absolute atomic E-state index is 13.3. The molecular weight excluding hydrogens is 486 g/mol. The van der Waals surface area contributed by atoms with Crippen molar-refractivity contribution in [1.29, 1.82) is 0 Å². The Morgan fingerprint density at radius 3 is 2.30 bits per heavy atom. The summed E-state index contributed by atoms with van der Waals surface area (Å²) in [6.45, 7) is 3.23. The summed E-state index contributed by atoms with van der Waals surface area (Å²) < 4.78 is 52.4. The normalized spacial score (nSPS) is 18.7. The molecule has 2 fully saturated rings. The second-order valence-corrected chi connectivity index (χ2v) is 9.43. The number of hydrogen-bond donors (Lipinski definition) is 0. The number of piperidine rings is 1. The molecule has 10 heteroatoms. The van der Waals surface area contributed by atoms with Crippen molar-refractivity contribution in [2.75, 3.05) is 49.1 Å². The van der Waals surface area contributed by atoms with Crippen molar-refractivity contribution in [2.45, 2.75) is 19.0 Å². The number of rotatable bonds is 4. The number of halogens is 4. The number of piperazine rings is 1. The van der Waals surface area contributed by atoms with Crippen LogP contribution in [0.15, 0.2) is 60.7 Å². The molecule has 5 rings (SSSR count). The first-order valence-corrected chi connectivity index (χ1v) is 12.3. The third kappa shape index (κ3) is 5.68. The molecular formula is C27H27F4N5O. The van der Waals surface area contributed by atoms with Crippen LogP contribution in [0.5, 0.6) is 0 Å². The van der Waals surface area contributed by atoms with Crippen molar-refractivity contribution in [3.8, 4) is 11.3 Å². The SMILES string of the molecule is O=C(C1CCCN(c2ccc(-c3ccc(F)cc3)nn2)C1)N1CCN(c2cccc(C(F)(F)F)c2)CC1. The number of aromatic nitrogens is 2. The summed E-state index contributed by atoms with van der Waals surface area (Å²) in [5.74, 6) is 0.281. The first-order chi connectivity index (χ1) is 17.8. The van der Waals surface area contributed by atoms with Crippen LogP contribution >= 0.6 is 0 Å². The third-order valence-electron chi connectivity index (χ3n) is 7.02. The molecule has 2 saturated heterocycles. The molecule has 0 saturated carbocycles.